The van der Waals surface area contributed by atoms with Gasteiger partial charge in [0.25, 0.3) is 0 Å². The van der Waals surface area contributed by atoms with Crippen LogP contribution in [0.2, 0.25) is 0 Å². The van der Waals surface area contributed by atoms with Gasteiger partial charge < -0.3 is 4.98 Å². The van der Waals surface area contributed by atoms with Crippen molar-refractivity contribution in [1.29, 1.82) is 0 Å². The van der Waals surface area contributed by atoms with Crippen LogP contribution in [0.1, 0.15) is 31.0 Å². The van der Waals surface area contributed by atoms with Gasteiger partial charge in [-0.2, -0.15) is 0 Å². The number of fused-ring (bicyclic) bond motifs is 4. The normalized spacial score (nSPS) is 25.0. The average Bonchev–Trinajstić information content (AvgIpc) is 3.05. The number of benzene rings is 1. The first-order valence-electron chi connectivity index (χ1n) is 7.20. The summed E-state index contributed by atoms with van der Waals surface area (Å²) < 4.78 is 0.327. The summed E-state index contributed by atoms with van der Waals surface area (Å²) in [4.78, 5) is 3.75. The van der Waals surface area contributed by atoms with Crippen LogP contribution in [0.5, 0.6) is 0 Å². The lowest BCUT2D eigenvalue weighted by molar-refractivity contribution is 0.425. The summed E-state index contributed by atoms with van der Waals surface area (Å²) in [6, 6.07) is 8.84. The molecule has 1 fully saturated rings. The first-order chi connectivity index (χ1) is 9.32. The molecule has 1 N–H and O–H groups in total. The molecule has 1 aliphatic heterocycles. The fourth-order valence-corrected chi connectivity index (χ4v) is 7.09. The van der Waals surface area contributed by atoms with Crippen molar-refractivity contribution in [2.45, 2.75) is 30.3 Å². The van der Waals surface area contributed by atoms with Crippen molar-refractivity contribution in [3.8, 4) is 0 Å². The van der Waals surface area contributed by atoms with E-state index in [4.69, 9.17) is 0 Å². The second-order valence-corrected chi connectivity index (χ2v) is 8.70. The van der Waals surface area contributed by atoms with Crippen molar-refractivity contribution in [2.75, 3.05) is 11.5 Å². The van der Waals surface area contributed by atoms with E-state index in [1.54, 1.807) is 5.56 Å². The Morgan fingerprint density at radius 3 is 2.84 bits per heavy atom. The van der Waals surface area contributed by atoms with Crippen LogP contribution in [0.15, 0.2) is 24.3 Å². The van der Waals surface area contributed by atoms with Gasteiger partial charge in [-0.1, -0.05) is 31.5 Å². The number of H-pyrrole nitrogens is 1. The Morgan fingerprint density at radius 1 is 1.26 bits per heavy atom. The molecule has 1 aromatic heterocycles. The highest BCUT2D eigenvalue weighted by Crippen LogP contribution is 2.59. The molecular formula is C16H19NS2. The highest BCUT2D eigenvalue weighted by atomic mass is 32.2. The van der Waals surface area contributed by atoms with Gasteiger partial charge in [0.05, 0.1) is 0 Å². The minimum Gasteiger partial charge on any atom is -0.356 e. The summed E-state index contributed by atoms with van der Waals surface area (Å²) in [7, 11) is 0. The van der Waals surface area contributed by atoms with Crippen molar-refractivity contribution in [1.82, 2.24) is 4.98 Å². The van der Waals surface area contributed by atoms with Crippen LogP contribution < -0.4 is 0 Å². The fraction of sp³-hybridized carbons (Fsp3) is 0.500. The molecule has 1 unspecified atom stereocenters. The van der Waals surface area contributed by atoms with Crippen molar-refractivity contribution in [3.05, 3.63) is 35.5 Å². The highest BCUT2D eigenvalue weighted by Gasteiger charge is 2.45. The van der Waals surface area contributed by atoms with Crippen LogP contribution in [0.3, 0.4) is 0 Å². The summed E-state index contributed by atoms with van der Waals surface area (Å²) in [6.07, 6.45) is 3.92. The smallest absolute Gasteiger partial charge is 0.101 e. The number of hydrogen-bond acceptors (Lipinski definition) is 2. The topological polar surface area (TPSA) is 15.8 Å². The Kier molecular flexibility index (Phi) is 2.89. The van der Waals surface area contributed by atoms with Gasteiger partial charge >= 0.3 is 0 Å². The molecule has 2 aromatic rings. The minimum absolute atomic E-state index is 0.327. The maximum absolute atomic E-state index is 3.75. The van der Waals surface area contributed by atoms with Gasteiger partial charge in [0, 0.05) is 28.1 Å². The lowest BCUT2D eigenvalue weighted by Crippen LogP contribution is -2.27. The summed E-state index contributed by atoms with van der Waals surface area (Å²) in [6.45, 7) is 2.35. The van der Waals surface area contributed by atoms with Gasteiger partial charge in [-0.25, -0.2) is 0 Å². The molecule has 1 spiro atoms. The maximum atomic E-state index is 3.75. The molecule has 1 aliphatic carbocycles. The Balaban J connectivity index is 1.94. The largest absolute Gasteiger partial charge is 0.356 e. The Labute approximate surface area is 122 Å². The van der Waals surface area contributed by atoms with Gasteiger partial charge in [-0.05, 0) is 30.4 Å². The zero-order chi connectivity index (χ0) is 12.9. The first kappa shape index (κ1) is 12.2. The van der Waals surface area contributed by atoms with E-state index in [9.17, 15) is 0 Å². The van der Waals surface area contributed by atoms with E-state index in [-0.39, 0.29) is 0 Å². The molecule has 0 bridgehead atoms. The fourth-order valence-electron chi connectivity index (χ4n) is 3.59. The maximum Gasteiger partial charge on any atom is 0.101 e. The van der Waals surface area contributed by atoms with Gasteiger partial charge in [-0.3, -0.25) is 0 Å². The van der Waals surface area contributed by atoms with E-state index in [0.29, 0.717) is 4.08 Å². The molecule has 100 valence electrons. The third-order valence-electron chi connectivity index (χ3n) is 4.58. The molecule has 2 heterocycles. The van der Waals surface area contributed by atoms with E-state index >= 15 is 0 Å². The third-order valence-corrected chi connectivity index (χ3v) is 8.03. The zero-order valence-corrected chi connectivity index (χ0v) is 12.9. The molecule has 0 amide bonds. The van der Waals surface area contributed by atoms with E-state index in [1.807, 2.05) is 0 Å². The predicted molar refractivity (Wildman–Crippen MR) is 87.0 cm³/mol. The van der Waals surface area contributed by atoms with Crippen molar-refractivity contribution in [2.24, 2.45) is 5.92 Å². The molecular weight excluding hydrogens is 270 g/mol. The molecule has 1 saturated heterocycles. The van der Waals surface area contributed by atoms with E-state index in [1.165, 1.54) is 47.4 Å². The van der Waals surface area contributed by atoms with Crippen LogP contribution in [0.25, 0.3) is 10.9 Å². The molecule has 3 heteroatoms. The third kappa shape index (κ3) is 1.78. The van der Waals surface area contributed by atoms with E-state index in [2.05, 4.69) is 59.7 Å². The SMILES string of the molecule is CCC1Cc2c([nH]c3ccccc23)C2(C1)SCCS2. The van der Waals surface area contributed by atoms with Crippen LogP contribution in [-0.4, -0.2) is 16.5 Å². The van der Waals surface area contributed by atoms with Gasteiger partial charge in [-0.15, -0.1) is 23.5 Å². The Bertz CT molecular complexity index is 610. The standard InChI is InChI=1S/C16H19NS2/c1-2-11-9-13-12-5-3-4-6-14(12)17-15(13)16(10-11)18-7-8-19-16/h3-6,11,17H,2,7-10H2,1H3. The minimum atomic E-state index is 0.327. The number of aromatic nitrogens is 1. The molecule has 4 rings (SSSR count). The van der Waals surface area contributed by atoms with E-state index in [0.717, 1.165) is 5.92 Å². The first-order valence-corrected chi connectivity index (χ1v) is 9.17. The quantitative estimate of drug-likeness (QED) is 0.813. The molecule has 19 heavy (non-hydrogen) atoms. The number of hydrogen-bond donors (Lipinski definition) is 1. The van der Waals surface area contributed by atoms with E-state index < -0.39 is 0 Å². The number of nitrogens with one attached hydrogen (secondary N) is 1. The monoisotopic (exact) mass is 289 g/mol. The predicted octanol–water partition coefficient (Wildman–Crippen LogP) is 4.77. The molecule has 2 aliphatic rings. The highest BCUT2D eigenvalue weighted by molar-refractivity contribution is 8.20. The molecule has 1 atom stereocenters. The van der Waals surface area contributed by atoms with Gasteiger partial charge in [0.1, 0.15) is 4.08 Å². The van der Waals surface area contributed by atoms with Crippen molar-refractivity contribution < 1.29 is 0 Å². The number of aromatic amines is 1. The number of rotatable bonds is 1. The number of thioether (sulfide) groups is 2. The van der Waals surface area contributed by atoms with Gasteiger partial charge in [0.15, 0.2) is 0 Å². The Hall–Kier alpha value is -0.540. The van der Waals surface area contributed by atoms with Crippen LogP contribution in [-0.2, 0) is 10.5 Å². The van der Waals surface area contributed by atoms with Crippen LogP contribution in [0.4, 0.5) is 0 Å². The molecule has 0 radical (unpaired) electrons. The second kappa shape index (κ2) is 4.49. The second-order valence-electron chi connectivity index (χ2n) is 5.66. The van der Waals surface area contributed by atoms with Gasteiger partial charge in [0.2, 0.25) is 0 Å². The molecule has 1 aromatic carbocycles. The lowest BCUT2D eigenvalue weighted by atomic mass is 9.84. The summed E-state index contributed by atoms with van der Waals surface area (Å²) in [5.74, 6) is 3.45. The van der Waals surface area contributed by atoms with Crippen molar-refractivity contribution in [3.63, 3.8) is 0 Å². The Morgan fingerprint density at radius 2 is 2.05 bits per heavy atom. The summed E-state index contributed by atoms with van der Waals surface area (Å²) in [5, 5.41) is 1.46. The summed E-state index contributed by atoms with van der Waals surface area (Å²) >= 11 is 4.35. The number of para-hydroxylation sites is 1. The molecule has 0 saturated carbocycles. The van der Waals surface area contributed by atoms with Crippen LogP contribution >= 0.6 is 23.5 Å². The molecule has 1 nitrogen and oxygen atoms in total. The van der Waals surface area contributed by atoms with Crippen molar-refractivity contribution >= 4 is 34.4 Å². The zero-order valence-electron chi connectivity index (χ0n) is 11.2. The summed E-state index contributed by atoms with van der Waals surface area (Å²) in [5.41, 5.74) is 4.47. The lowest BCUT2D eigenvalue weighted by Gasteiger charge is -2.36. The van der Waals surface area contributed by atoms with Crippen LogP contribution in [0, 0.1) is 5.92 Å². The average molecular weight is 289 g/mol.